The average molecular weight is 446 g/mol. The number of rotatable bonds is 7. The molecule has 0 saturated heterocycles. The molecule has 1 aromatic heterocycles. The number of hydrazine groups is 1. The molecule has 3 aromatic rings. The van der Waals surface area contributed by atoms with Gasteiger partial charge in [0, 0.05) is 17.3 Å². The molecule has 0 bridgehead atoms. The number of aliphatic hydroxyl groups excluding tert-OH is 1. The average Bonchev–Trinajstić information content (AvgIpc) is 3.39. The van der Waals surface area contributed by atoms with Gasteiger partial charge >= 0.3 is 0 Å². The molecule has 0 spiro atoms. The van der Waals surface area contributed by atoms with Crippen molar-refractivity contribution in [2.75, 3.05) is 11.6 Å². The van der Waals surface area contributed by atoms with Crippen LogP contribution in [-0.4, -0.2) is 43.6 Å². The van der Waals surface area contributed by atoms with E-state index < -0.39 is 23.8 Å². The number of anilines is 1. The lowest BCUT2D eigenvalue weighted by molar-refractivity contribution is 0.0653. The van der Waals surface area contributed by atoms with Crippen molar-refractivity contribution in [1.29, 1.82) is 0 Å². The Morgan fingerprint density at radius 1 is 1.16 bits per heavy atom. The maximum absolute atomic E-state index is 14.6. The molecular weight excluding hydrogens is 424 g/mol. The second-order valence-electron chi connectivity index (χ2n) is 7.55. The Morgan fingerprint density at radius 2 is 1.94 bits per heavy atom. The van der Waals surface area contributed by atoms with Gasteiger partial charge in [-0.3, -0.25) is 14.7 Å². The monoisotopic (exact) mass is 445 g/mol. The molecule has 0 saturated carbocycles. The van der Waals surface area contributed by atoms with E-state index in [4.69, 9.17) is 11.6 Å². The Morgan fingerprint density at radius 3 is 2.61 bits per heavy atom. The quantitative estimate of drug-likeness (QED) is 0.599. The maximum Gasteiger partial charge on any atom is 0.151 e. The molecule has 4 rings (SSSR count). The first-order chi connectivity index (χ1) is 14.9. The van der Waals surface area contributed by atoms with Crippen LogP contribution < -0.4 is 5.01 Å². The highest BCUT2D eigenvalue weighted by atomic mass is 35.5. The first-order valence-electron chi connectivity index (χ1n) is 9.86. The number of aliphatic hydroxyl groups is 1. The summed E-state index contributed by atoms with van der Waals surface area (Å²) >= 11 is 5.98. The fourth-order valence-electron chi connectivity index (χ4n) is 3.62. The van der Waals surface area contributed by atoms with Crippen LogP contribution in [-0.2, 0) is 13.0 Å². The van der Waals surface area contributed by atoms with Crippen LogP contribution in [0.2, 0.25) is 5.02 Å². The Labute approximate surface area is 184 Å². The van der Waals surface area contributed by atoms with Crippen molar-refractivity contribution in [2.45, 2.75) is 32.0 Å². The van der Waals surface area contributed by atoms with Gasteiger partial charge in [0.15, 0.2) is 5.82 Å². The molecule has 0 aliphatic carbocycles. The molecule has 9 heteroatoms. The molecule has 2 heterocycles. The zero-order valence-electron chi connectivity index (χ0n) is 16.9. The van der Waals surface area contributed by atoms with Crippen LogP contribution in [0.25, 0.3) is 0 Å². The van der Waals surface area contributed by atoms with Gasteiger partial charge in [-0.1, -0.05) is 23.7 Å². The zero-order valence-corrected chi connectivity index (χ0v) is 17.6. The molecule has 1 N–H and O–H groups in total. The van der Waals surface area contributed by atoms with E-state index in [1.165, 1.54) is 24.8 Å². The summed E-state index contributed by atoms with van der Waals surface area (Å²) < 4.78 is 29.6. The van der Waals surface area contributed by atoms with Crippen LogP contribution in [0.15, 0.2) is 66.9 Å². The van der Waals surface area contributed by atoms with Crippen molar-refractivity contribution in [2.24, 2.45) is 0 Å². The SMILES string of the molecule is C[C@H]([C@H](O)Cn1cncn1)N1C=C(Cc2ccc(Cl)cc2)CN1c1ccc(F)cc1F. The third kappa shape index (κ3) is 4.86. The fourth-order valence-corrected chi connectivity index (χ4v) is 3.75. The van der Waals surface area contributed by atoms with E-state index in [0.717, 1.165) is 17.2 Å². The third-order valence-corrected chi connectivity index (χ3v) is 5.55. The van der Waals surface area contributed by atoms with E-state index in [2.05, 4.69) is 10.1 Å². The molecule has 0 amide bonds. The summed E-state index contributed by atoms with van der Waals surface area (Å²) in [5.74, 6) is -1.30. The lowest BCUT2D eigenvalue weighted by Gasteiger charge is -2.37. The molecule has 2 aromatic carbocycles. The minimum Gasteiger partial charge on any atom is -0.389 e. The highest BCUT2D eigenvalue weighted by molar-refractivity contribution is 6.30. The van der Waals surface area contributed by atoms with Crippen LogP contribution in [0.3, 0.4) is 0 Å². The zero-order chi connectivity index (χ0) is 22.0. The Kier molecular flexibility index (Phi) is 6.20. The summed E-state index contributed by atoms with van der Waals surface area (Å²) in [5.41, 5.74) is 2.32. The molecule has 2 atom stereocenters. The number of aromatic nitrogens is 3. The van der Waals surface area contributed by atoms with Crippen molar-refractivity contribution < 1.29 is 13.9 Å². The van der Waals surface area contributed by atoms with Gasteiger partial charge in [0.1, 0.15) is 18.5 Å². The smallest absolute Gasteiger partial charge is 0.151 e. The van der Waals surface area contributed by atoms with E-state index in [9.17, 15) is 13.9 Å². The Balaban J connectivity index is 1.60. The topological polar surface area (TPSA) is 57.4 Å². The summed E-state index contributed by atoms with van der Waals surface area (Å²) in [6.07, 6.45) is 4.67. The van der Waals surface area contributed by atoms with Crippen LogP contribution in [0, 0.1) is 11.6 Å². The number of halogens is 3. The predicted molar refractivity (Wildman–Crippen MR) is 114 cm³/mol. The Bertz CT molecular complexity index is 1060. The summed E-state index contributed by atoms with van der Waals surface area (Å²) in [4.78, 5) is 3.89. The lowest BCUT2D eigenvalue weighted by atomic mass is 10.1. The Hall–Kier alpha value is -2.97. The van der Waals surface area contributed by atoms with E-state index in [0.29, 0.717) is 18.0 Å². The van der Waals surface area contributed by atoms with Crippen molar-refractivity contribution in [3.63, 3.8) is 0 Å². The summed E-state index contributed by atoms with van der Waals surface area (Å²) in [7, 11) is 0. The standard InChI is InChI=1S/C22H22ClF2N5O/c1-15(22(31)12-28-14-26-13-27-28)29-10-17(8-16-2-4-18(23)5-3-16)11-30(29)21-7-6-19(24)9-20(21)25/h2-7,9-10,13-15,22,31H,8,11-12H2,1H3/t15-,22-/m1/s1. The van der Waals surface area contributed by atoms with Gasteiger partial charge in [0.2, 0.25) is 0 Å². The highest BCUT2D eigenvalue weighted by Gasteiger charge is 2.32. The molecule has 0 radical (unpaired) electrons. The normalized spacial score (nSPS) is 15.8. The maximum atomic E-state index is 14.6. The second-order valence-corrected chi connectivity index (χ2v) is 7.99. The molecule has 1 aliphatic heterocycles. The van der Waals surface area contributed by atoms with Crippen LogP contribution in [0.1, 0.15) is 12.5 Å². The first kappa shape index (κ1) is 21.3. The lowest BCUT2D eigenvalue weighted by Crippen LogP contribution is -2.48. The molecule has 0 unspecified atom stereocenters. The number of hydrogen-bond donors (Lipinski definition) is 1. The van der Waals surface area contributed by atoms with Gasteiger partial charge in [-0.05, 0) is 48.7 Å². The molecule has 6 nitrogen and oxygen atoms in total. The highest BCUT2D eigenvalue weighted by Crippen LogP contribution is 2.31. The van der Waals surface area contributed by atoms with Crippen LogP contribution in [0.5, 0.6) is 0 Å². The predicted octanol–water partition coefficient (Wildman–Crippen LogP) is 3.82. The van der Waals surface area contributed by atoms with Crippen molar-refractivity contribution in [3.05, 3.63) is 89.1 Å². The van der Waals surface area contributed by atoms with E-state index in [1.807, 2.05) is 37.4 Å². The molecular formula is C22H22ClF2N5O. The second kappa shape index (κ2) is 9.03. The van der Waals surface area contributed by atoms with Crippen LogP contribution >= 0.6 is 11.6 Å². The summed E-state index contributed by atoms with van der Waals surface area (Å²) in [5, 5.41) is 19.0. The minimum atomic E-state index is -0.807. The number of nitrogens with zero attached hydrogens (tertiary/aromatic N) is 5. The largest absolute Gasteiger partial charge is 0.389 e. The van der Waals surface area contributed by atoms with Gasteiger partial charge in [-0.2, -0.15) is 5.10 Å². The van der Waals surface area contributed by atoms with Gasteiger partial charge in [0.25, 0.3) is 0 Å². The fraction of sp³-hybridized carbons (Fsp3) is 0.273. The van der Waals surface area contributed by atoms with Crippen LogP contribution in [0.4, 0.5) is 14.5 Å². The first-order valence-corrected chi connectivity index (χ1v) is 10.2. The van der Waals surface area contributed by atoms with Gasteiger partial charge in [-0.25, -0.2) is 13.8 Å². The summed E-state index contributed by atoms with van der Waals surface area (Å²) in [6, 6.07) is 10.6. The van der Waals surface area contributed by atoms with Crippen molar-refractivity contribution in [1.82, 2.24) is 19.8 Å². The van der Waals surface area contributed by atoms with E-state index in [1.54, 1.807) is 14.7 Å². The molecule has 162 valence electrons. The van der Waals surface area contributed by atoms with Gasteiger partial charge < -0.3 is 5.11 Å². The van der Waals surface area contributed by atoms with E-state index >= 15 is 0 Å². The molecule has 1 aliphatic rings. The van der Waals surface area contributed by atoms with Crippen molar-refractivity contribution in [3.8, 4) is 0 Å². The summed E-state index contributed by atoms with van der Waals surface area (Å²) in [6.45, 7) is 2.49. The molecule has 31 heavy (non-hydrogen) atoms. The van der Waals surface area contributed by atoms with E-state index in [-0.39, 0.29) is 12.2 Å². The van der Waals surface area contributed by atoms with Crippen molar-refractivity contribution >= 4 is 17.3 Å². The van der Waals surface area contributed by atoms with Gasteiger partial charge in [0.05, 0.1) is 30.9 Å². The minimum absolute atomic E-state index is 0.234. The number of hydrogen-bond acceptors (Lipinski definition) is 5. The third-order valence-electron chi connectivity index (χ3n) is 5.29. The molecule has 0 fully saturated rings. The van der Waals surface area contributed by atoms with Gasteiger partial charge in [-0.15, -0.1) is 0 Å². The number of benzene rings is 2.